The molecule has 0 aliphatic rings. The van der Waals surface area contributed by atoms with Gasteiger partial charge in [-0.2, -0.15) is 4.98 Å². The standard InChI is InChI=1S/C12H14FN5O/c1-2-18(7-8-4-3-5-9(13)6-8)11(19)10-15-12(14)17-16-10/h3-6H,2,7H2,1H3,(H3,14,15,16,17). The monoisotopic (exact) mass is 263 g/mol. The van der Waals surface area contributed by atoms with Crippen LogP contribution in [0.3, 0.4) is 0 Å². The van der Waals surface area contributed by atoms with Crippen LogP contribution in [-0.2, 0) is 6.54 Å². The number of nitrogen functional groups attached to an aromatic ring is 1. The number of benzene rings is 1. The van der Waals surface area contributed by atoms with Crippen molar-refractivity contribution in [1.29, 1.82) is 0 Å². The topological polar surface area (TPSA) is 87.9 Å². The van der Waals surface area contributed by atoms with E-state index in [9.17, 15) is 9.18 Å². The van der Waals surface area contributed by atoms with Crippen LogP contribution in [0, 0.1) is 5.82 Å². The van der Waals surface area contributed by atoms with Crippen molar-refractivity contribution in [2.45, 2.75) is 13.5 Å². The number of aromatic nitrogens is 3. The largest absolute Gasteiger partial charge is 0.366 e. The Morgan fingerprint density at radius 2 is 2.32 bits per heavy atom. The van der Waals surface area contributed by atoms with Crippen molar-refractivity contribution < 1.29 is 9.18 Å². The summed E-state index contributed by atoms with van der Waals surface area (Å²) in [5.41, 5.74) is 6.07. The van der Waals surface area contributed by atoms with Gasteiger partial charge in [0.05, 0.1) is 0 Å². The summed E-state index contributed by atoms with van der Waals surface area (Å²) in [6, 6.07) is 6.12. The Labute approximate surface area is 109 Å². The molecule has 1 heterocycles. The highest BCUT2D eigenvalue weighted by Crippen LogP contribution is 2.09. The van der Waals surface area contributed by atoms with Crippen molar-refractivity contribution in [1.82, 2.24) is 20.1 Å². The van der Waals surface area contributed by atoms with Crippen LogP contribution in [0.2, 0.25) is 0 Å². The van der Waals surface area contributed by atoms with Gasteiger partial charge in [-0.25, -0.2) is 4.39 Å². The molecular formula is C12H14FN5O. The highest BCUT2D eigenvalue weighted by atomic mass is 19.1. The van der Waals surface area contributed by atoms with E-state index in [4.69, 9.17) is 5.73 Å². The van der Waals surface area contributed by atoms with E-state index in [-0.39, 0.29) is 23.5 Å². The van der Waals surface area contributed by atoms with Gasteiger partial charge in [0.15, 0.2) is 0 Å². The number of hydrogen-bond acceptors (Lipinski definition) is 4. The quantitative estimate of drug-likeness (QED) is 0.867. The molecule has 0 spiro atoms. The van der Waals surface area contributed by atoms with Crippen LogP contribution in [0.15, 0.2) is 24.3 Å². The predicted octanol–water partition coefficient (Wildman–Crippen LogP) is 1.19. The fourth-order valence-electron chi connectivity index (χ4n) is 1.70. The van der Waals surface area contributed by atoms with Crippen molar-refractivity contribution in [3.8, 4) is 0 Å². The average Bonchev–Trinajstić information content (AvgIpc) is 2.82. The number of rotatable bonds is 4. The highest BCUT2D eigenvalue weighted by molar-refractivity contribution is 5.90. The Bertz CT molecular complexity index is 583. The number of halogens is 1. The molecule has 2 rings (SSSR count). The maximum atomic E-state index is 13.1. The average molecular weight is 263 g/mol. The third-order valence-corrected chi connectivity index (χ3v) is 2.64. The van der Waals surface area contributed by atoms with E-state index in [1.54, 1.807) is 12.1 Å². The summed E-state index contributed by atoms with van der Waals surface area (Å²) in [6.45, 7) is 2.60. The van der Waals surface area contributed by atoms with Gasteiger partial charge in [-0.1, -0.05) is 12.1 Å². The van der Waals surface area contributed by atoms with E-state index in [1.165, 1.54) is 17.0 Å². The zero-order valence-electron chi connectivity index (χ0n) is 10.4. The fourth-order valence-corrected chi connectivity index (χ4v) is 1.70. The van der Waals surface area contributed by atoms with E-state index in [0.29, 0.717) is 18.7 Å². The number of carbonyl (C=O) groups excluding carboxylic acids is 1. The number of hydrogen-bond donors (Lipinski definition) is 2. The predicted molar refractivity (Wildman–Crippen MR) is 67.6 cm³/mol. The van der Waals surface area contributed by atoms with Crippen LogP contribution in [0.25, 0.3) is 0 Å². The molecule has 0 aliphatic heterocycles. The van der Waals surface area contributed by atoms with Gasteiger partial charge >= 0.3 is 0 Å². The molecule has 100 valence electrons. The van der Waals surface area contributed by atoms with E-state index < -0.39 is 0 Å². The lowest BCUT2D eigenvalue weighted by Crippen LogP contribution is -2.31. The fraction of sp³-hybridized carbons (Fsp3) is 0.250. The normalized spacial score (nSPS) is 10.4. The van der Waals surface area contributed by atoms with Gasteiger partial charge in [-0.15, -0.1) is 5.10 Å². The maximum Gasteiger partial charge on any atom is 0.291 e. The molecule has 1 amide bonds. The van der Waals surface area contributed by atoms with Crippen LogP contribution in [0.4, 0.5) is 10.3 Å². The molecule has 7 heteroatoms. The number of amides is 1. The lowest BCUT2D eigenvalue weighted by Gasteiger charge is -2.19. The number of H-pyrrole nitrogens is 1. The number of aromatic amines is 1. The molecule has 0 atom stereocenters. The highest BCUT2D eigenvalue weighted by Gasteiger charge is 2.18. The zero-order chi connectivity index (χ0) is 13.8. The summed E-state index contributed by atoms with van der Waals surface area (Å²) >= 11 is 0. The van der Waals surface area contributed by atoms with E-state index in [2.05, 4.69) is 15.2 Å². The molecule has 0 fully saturated rings. The summed E-state index contributed by atoms with van der Waals surface area (Å²) < 4.78 is 13.1. The molecular weight excluding hydrogens is 249 g/mol. The third-order valence-electron chi connectivity index (χ3n) is 2.64. The zero-order valence-corrected chi connectivity index (χ0v) is 10.4. The van der Waals surface area contributed by atoms with Crippen molar-refractivity contribution in [2.75, 3.05) is 12.3 Å². The van der Waals surface area contributed by atoms with E-state index >= 15 is 0 Å². The lowest BCUT2D eigenvalue weighted by atomic mass is 10.2. The second kappa shape index (κ2) is 5.47. The number of nitrogens with one attached hydrogen (secondary N) is 1. The molecule has 0 saturated heterocycles. The number of anilines is 1. The lowest BCUT2D eigenvalue weighted by molar-refractivity contribution is 0.0740. The first kappa shape index (κ1) is 13.0. The van der Waals surface area contributed by atoms with E-state index in [1.807, 2.05) is 6.92 Å². The molecule has 19 heavy (non-hydrogen) atoms. The van der Waals surface area contributed by atoms with Crippen molar-refractivity contribution in [3.63, 3.8) is 0 Å². The van der Waals surface area contributed by atoms with Crippen molar-refractivity contribution in [2.24, 2.45) is 0 Å². The summed E-state index contributed by atoms with van der Waals surface area (Å²) in [6.07, 6.45) is 0. The molecule has 0 aliphatic carbocycles. The maximum absolute atomic E-state index is 13.1. The molecule has 0 bridgehead atoms. The Hall–Kier alpha value is -2.44. The first-order valence-corrected chi connectivity index (χ1v) is 5.81. The van der Waals surface area contributed by atoms with Crippen LogP contribution in [0.5, 0.6) is 0 Å². The Kier molecular flexibility index (Phi) is 3.74. The summed E-state index contributed by atoms with van der Waals surface area (Å²) in [5.74, 6) is -0.554. The first-order chi connectivity index (χ1) is 9.10. The van der Waals surface area contributed by atoms with Crippen LogP contribution in [0.1, 0.15) is 23.1 Å². The smallest absolute Gasteiger partial charge is 0.291 e. The molecule has 1 aromatic carbocycles. The van der Waals surface area contributed by atoms with Gasteiger partial charge in [-0.05, 0) is 24.6 Å². The minimum absolute atomic E-state index is 0.0187. The van der Waals surface area contributed by atoms with Gasteiger partial charge in [0, 0.05) is 13.1 Å². The van der Waals surface area contributed by atoms with Crippen LogP contribution < -0.4 is 5.73 Å². The Balaban J connectivity index is 2.14. The number of nitrogens with two attached hydrogens (primary N) is 1. The Morgan fingerprint density at radius 3 is 2.89 bits per heavy atom. The minimum atomic E-state index is -0.329. The Morgan fingerprint density at radius 1 is 1.53 bits per heavy atom. The van der Waals surface area contributed by atoms with Crippen molar-refractivity contribution >= 4 is 11.9 Å². The molecule has 2 aromatic rings. The van der Waals surface area contributed by atoms with Crippen LogP contribution >= 0.6 is 0 Å². The molecule has 0 unspecified atom stereocenters. The third kappa shape index (κ3) is 3.06. The first-order valence-electron chi connectivity index (χ1n) is 5.81. The summed E-state index contributed by atoms with van der Waals surface area (Å²) in [7, 11) is 0. The second-order valence-electron chi connectivity index (χ2n) is 3.99. The van der Waals surface area contributed by atoms with Gasteiger partial charge in [0.1, 0.15) is 5.82 Å². The molecule has 0 radical (unpaired) electrons. The van der Waals surface area contributed by atoms with Gasteiger partial charge in [-0.3, -0.25) is 9.89 Å². The second-order valence-corrected chi connectivity index (χ2v) is 3.99. The van der Waals surface area contributed by atoms with Gasteiger partial charge < -0.3 is 10.6 Å². The van der Waals surface area contributed by atoms with Crippen LogP contribution in [-0.4, -0.2) is 32.5 Å². The summed E-state index contributed by atoms with van der Waals surface area (Å²) in [4.78, 5) is 17.4. The SMILES string of the molecule is CCN(Cc1cccc(F)c1)C(=O)c1nc(N)n[nH]1. The van der Waals surface area contributed by atoms with Gasteiger partial charge in [0.25, 0.3) is 5.91 Å². The van der Waals surface area contributed by atoms with E-state index in [0.717, 1.165) is 0 Å². The number of nitrogens with zero attached hydrogens (tertiary/aromatic N) is 3. The van der Waals surface area contributed by atoms with Crippen molar-refractivity contribution in [3.05, 3.63) is 41.5 Å². The minimum Gasteiger partial charge on any atom is -0.366 e. The molecule has 0 saturated carbocycles. The number of carbonyl (C=O) groups is 1. The molecule has 1 aromatic heterocycles. The molecule has 6 nitrogen and oxygen atoms in total. The molecule has 3 N–H and O–H groups in total. The van der Waals surface area contributed by atoms with Gasteiger partial charge in [0.2, 0.25) is 11.8 Å². The summed E-state index contributed by atoms with van der Waals surface area (Å²) in [5, 5.41) is 6.08.